The molecule has 0 bridgehead atoms. The summed E-state index contributed by atoms with van der Waals surface area (Å²) in [5.74, 6) is 0.576. The van der Waals surface area contributed by atoms with Crippen LogP contribution in [0.5, 0.6) is 0 Å². The zero-order valence-corrected chi connectivity index (χ0v) is 12.2. The summed E-state index contributed by atoms with van der Waals surface area (Å²) in [7, 11) is 0. The van der Waals surface area contributed by atoms with Gasteiger partial charge in [0.05, 0.1) is 10.7 Å². The van der Waals surface area contributed by atoms with Gasteiger partial charge in [0, 0.05) is 25.2 Å². The quantitative estimate of drug-likeness (QED) is 0.890. The first-order valence-corrected chi connectivity index (χ1v) is 7.99. The molecule has 1 amide bonds. The second-order valence-electron chi connectivity index (χ2n) is 5.39. The highest BCUT2D eigenvalue weighted by Gasteiger charge is 2.35. The molecule has 5 heteroatoms. The number of hydrogen-bond donors (Lipinski definition) is 2. The summed E-state index contributed by atoms with van der Waals surface area (Å²) in [4.78, 5) is 15.2. The molecule has 0 unspecified atom stereocenters. The predicted molar refractivity (Wildman–Crippen MR) is 80.2 cm³/mol. The molecule has 19 heavy (non-hydrogen) atoms. The van der Waals surface area contributed by atoms with E-state index in [-0.39, 0.29) is 5.91 Å². The van der Waals surface area contributed by atoms with Crippen LogP contribution in [0.4, 0.5) is 10.7 Å². The lowest BCUT2D eigenvalue weighted by atomic mass is 10.1. The summed E-state index contributed by atoms with van der Waals surface area (Å²) >= 11 is 1.59. The Labute approximate surface area is 118 Å². The van der Waals surface area contributed by atoms with Crippen molar-refractivity contribution in [3.8, 4) is 0 Å². The highest BCUT2D eigenvalue weighted by molar-refractivity contribution is 7.18. The van der Waals surface area contributed by atoms with Gasteiger partial charge in [-0.05, 0) is 38.5 Å². The molecular weight excluding hydrogens is 258 g/mol. The first-order chi connectivity index (χ1) is 9.22. The van der Waals surface area contributed by atoms with Crippen LogP contribution >= 0.6 is 11.3 Å². The molecular formula is C14H21N3OS. The van der Waals surface area contributed by atoms with Crippen molar-refractivity contribution >= 4 is 27.9 Å². The van der Waals surface area contributed by atoms with Crippen molar-refractivity contribution in [3.63, 3.8) is 0 Å². The van der Waals surface area contributed by atoms with Gasteiger partial charge in [-0.15, -0.1) is 11.3 Å². The van der Waals surface area contributed by atoms with E-state index >= 15 is 0 Å². The van der Waals surface area contributed by atoms with Gasteiger partial charge in [-0.25, -0.2) is 0 Å². The molecule has 2 fully saturated rings. The molecule has 0 aromatic carbocycles. The topological polar surface area (TPSA) is 58.4 Å². The number of carbonyl (C=O) groups is 1. The third-order valence-corrected chi connectivity index (χ3v) is 5.17. The number of carbonyl (C=O) groups excluding carboxylic acids is 1. The summed E-state index contributed by atoms with van der Waals surface area (Å²) in [6.07, 6.45) is 4.93. The standard InChI is InChI=1S/C14H21N3OS/c1-2-16-13(18)12-11(15)10(9-5-6-9)14(19-12)17-7-3-4-8-17/h9H,2-8,15H2,1H3,(H,16,18). The molecule has 0 atom stereocenters. The van der Waals surface area contributed by atoms with E-state index in [1.165, 1.54) is 36.2 Å². The zero-order chi connectivity index (χ0) is 13.4. The van der Waals surface area contributed by atoms with Gasteiger partial charge >= 0.3 is 0 Å². The van der Waals surface area contributed by atoms with Crippen molar-refractivity contribution in [2.45, 2.75) is 38.5 Å². The first kappa shape index (κ1) is 12.8. The molecule has 1 aliphatic carbocycles. The van der Waals surface area contributed by atoms with E-state index in [0.29, 0.717) is 17.3 Å². The maximum Gasteiger partial charge on any atom is 0.263 e. The van der Waals surface area contributed by atoms with Gasteiger partial charge in [0.15, 0.2) is 0 Å². The second kappa shape index (κ2) is 5.04. The average Bonchev–Trinajstić information content (AvgIpc) is 2.96. The lowest BCUT2D eigenvalue weighted by Crippen LogP contribution is -2.22. The predicted octanol–water partition coefficient (Wildman–Crippen LogP) is 2.56. The molecule has 3 N–H and O–H groups in total. The van der Waals surface area contributed by atoms with Gasteiger partial charge in [0.1, 0.15) is 4.88 Å². The maximum atomic E-state index is 12.1. The van der Waals surface area contributed by atoms with Crippen LogP contribution in [0.15, 0.2) is 0 Å². The second-order valence-corrected chi connectivity index (χ2v) is 6.39. The Morgan fingerprint density at radius 1 is 1.42 bits per heavy atom. The number of nitrogen functional groups attached to an aromatic ring is 1. The highest BCUT2D eigenvalue weighted by atomic mass is 32.1. The summed E-state index contributed by atoms with van der Waals surface area (Å²) in [5.41, 5.74) is 8.26. The number of nitrogens with one attached hydrogen (secondary N) is 1. The normalized spacial score (nSPS) is 18.9. The summed E-state index contributed by atoms with van der Waals surface area (Å²) < 4.78 is 0. The fourth-order valence-electron chi connectivity index (χ4n) is 2.78. The molecule has 0 radical (unpaired) electrons. The van der Waals surface area contributed by atoms with Gasteiger partial charge in [0.25, 0.3) is 5.91 Å². The van der Waals surface area contributed by atoms with E-state index in [9.17, 15) is 4.79 Å². The fourth-order valence-corrected chi connectivity index (χ4v) is 4.05. The Bertz CT molecular complexity index is 487. The Kier molecular flexibility index (Phi) is 3.39. The van der Waals surface area contributed by atoms with Gasteiger partial charge in [-0.2, -0.15) is 0 Å². The Balaban J connectivity index is 1.97. The minimum atomic E-state index is -0.0163. The maximum absolute atomic E-state index is 12.1. The van der Waals surface area contributed by atoms with E-state index in [4.69, 9.17) is 5.73 Å². The molecule has 3 rings (SSSR count). The molecule has 2 heterocycles. The average molecular weight is 279 g/mol. The summed E-state index contributed by atoms with van der Waals surface area (Å²) in [6, 6.07) is 0. The number of rotatable bonds is 4. The number of nitrogens with zero attached hydrogens (tertiary/aromatic N) is 1. The van der Waals surface area contributed by atoms with E-state index in [1.54, 1.807) is 11.3 Å². The van der Waals surface area contributed by atoms with E-state index in [2.05, 4.69) is 10.2 Å². The number of nitrogens with two attached hydrogens (primary N) is 1. The van der Waals surface area contributed by atoms with Gasteiger partial charge < -0.3 is 16.0 Å². The molecule has 2 aliphatic rings. The lowest BCUT2D eigenvalue weighted by molar-refractivity contribution is 0.0960. The molecule has 1 saturated heterocycles. The monoisotopic (exact) mass is 279 g/mol. The van der Waals surface area contributed by atoms with Crippen molar-refractivity contribution in [1.29, 1.82) is 0 Å². The van der Waals surface area contributed by atoms with Crippen LogP contribution in [0.3, 0.4) is 0 Å². The molecule has 1 aliphatic heterocycles. The van der Waals surface area contributed by atoms with Crippen molar-refractivity contribution < 1.29 is 4.79 Å². The third-order valence-electron chi connectivity index (χ3n) is 3.89. The van der Waals surface area contributed by atoms with E-state index in [1.807, 2.05) is 6.92 Å². The van der Waals surface area contributed by atoms with Crippen molar-refractivity contribution in [1.82, 2.24) is 5.32 Å². The Hall–Kier alpha value is -1.23. The molecule has 1 aromatic heterocycles. The van der Waals surface area contributed by atoms with Gasteiger partial charge in [-0.1, -0.05) is 0 Å². The van der Waals surface area contributed by atoms with Crippen LogP contribution in [-0.4, -0.2) is 25.5 Å². The van der Waals surface area contributed by atoms with Crippen LogP contribution in [0.1, 0.15) is 53.8 Å². The van der Waals surface area contributed by atoms with Crippen LogP contribution in [0.25, 0.3) is 0 Å². The SMILES string of the molecule is CCNC(=O)c1sc(N2CCCC2)c(C2CC2)c1N. The Morgan fingerprint density at radius 2 is 2.11 bits per heavy atom. The Morgan fingerprint density at radius 3 is 2.68 bits per heavy atom. The van der Waals surface area contributed by atoms with Crippen LogP contribution < -0.4 is 16.0 Å². The molecule has 1 saturated carbocycles. The highest BCUT2D eigenvalue weighted by Crippen LogP contribution is 2.52. The largest absolute Gasteiger partial charge is 0.397 e. The van der Waals surface area contributed by atoms with Crippen molar-refractivity contribution in [2.24, 2.45) is 0 Å². The van der Waals surface area contributed by atoms with Crippen LogP contribution in [0.2, 0.25) is 0 Å². The number of thiophene rings is 1. The molecule has 4 nitrogen and oxygen atoms in total. The lowest BCUT2D eigenvalue weighted by Gasteiger charge is -2.17. The van der Waals surface area contributed by atoms with Crippen molar-refractivity contribution in [2.75, 3.05) is 30.3 Å². The zero-order valence-electron chi connectivity index (χ0n) is 11.4. The van der Waals surface area contributed by atoms with Crippen LogP contribution in [-0.2, 0) is 0 Å². The molecule has 104 valence electrons. The fraction of sp³-hybridized carbons (Fsp3) is 0.643. The number of anilines is 2. The summed E-state index contributed by atoms with van der Waals surface area (Å²) in [6.45, 7) is 4.79. The van der Waals surface area contributed by atoms with Crippen LogP contribution in [0, 0.1) is 0 Å². The van der Waals surface area contributed by atoms with Gasteiger partial charge in [-0.3, -0.25) is 4.79 Å². The third kappa shape index (κ3) is 2.31. The minimum Gasteiger partial charge on any atom is -0.397 e. The smallest absolute Gasteiger partial charge is 0.263 e. The van der Waals surface area contributed by atoms with Gasteiger partial charge in [0.2, 0.25) is 0 Å². The van der Waals surface area contributed by atoms with E-state index < -0.39 is 0 Å². The molecule has 0 spiro atoms. The minimum absolute atomic E-state index is 0.0163. The molecule has 1 aromatic rings. The van der Waals surface area contributed by atoms with E-state index in [0.717, 1.165) is 18.8 Å². The number of amides is 1. The summed E-state index contributed by atoms with van der Waals surface area (Å²) in [5, 5.41) is 4.13. The van der Waals surface area contributed by atoms with Crippen molar-refractivity contribution in [3.05, 3.63) is 10.4 Å². The number of hydrogen-bond acceptors (Lipinski definition) is 4. The first-order valence-electron chi connectivity index (χ1n) is 7.17.